The molecular weight excluding hydrogens is 540 g/mol. The van der Waals surface area contributed by atoms with Gasteiger partial charge in [0.1, 0.15) is 18.1 Å². The van der Waals surface area contributed by atoms with Crippen LogP contribution < -0.4 is 10.2 Å². The predicted octanol–water partition coefficient (Wildman–Crippen LogP) is 4.61. The van der Waals surface area contributed by atoms with E-state index in [-0.39, 0.29) is 24.9 Å². The third kappa shape index (κ3) is 6.86. The second-order valence-corrected chi connectivity index (χ2v) is 11.6. The standard InChI is InChI=1S/C31H35ClN6O3/c1-31(2,3)33-30(40)29(22-12-14-24(15-13-22)36-16-18-41-19-17-36)37(20-23-8-4-5-9-25(23)32)28(39)21-38-27-11-7-6-10-26(27)34-35-38/h4-15,29H,16-21H2,1-3H3,(H,33,40)/t29-/m1/s1. The van der Waals surface area contributed by atoms with Gasteiger partial charge in [-0.1, -0.05) is 59.3 Å². The van der Waals surface area contributed by atoms with E-state index in [4.69, 9.17) is 16.3 Å². The number of carbonyl (C=O) groups excluding carboxylic acids is 2. The molecule has 214 valence electrons. The van der Waals surface area contributed by atoms with Crippen molar-refractivity contribution in [2.75, 3.05) is 31.2 Å². The van der Waals surface area contributed by atoms with Crippen molar-refractivity contribution in [2.24, 2.45) is 0 Å². The number of ether oxygens (including phenoxy) is 1. The summed E-state index contributed by atoms with van der Waals surface area (Å²) >= 11 is 6.56. The van der Waals surface area contributed by atoms with Crippen LogP contribution in [0.3, 0.4) is 0 Å². The number of carbonyl (C=O) groups is 2. The predicted molar refractivity (Wildman–Crippen MR) is 160 cm³/mol. The van der Waals surface area contributed by atoms with Gasteiger partial charge in [-0.25, -0.2) is 4.68 Å². The lowest BCUT2D eigenvalue weighted by molar-refractivity contribution is -0.142. The van der Waals surface area contributed by atoms with Crippen LogP contribution in [0.1, 0.15) is 37.9 Å². The normalized spacial score (nSPS) is 14.6. The third-order valence-corrected chi connectivity index (χ3v) is 7.34. The number of amides is 2. The topological polar surface area (TPSA) is 92.6 Å². The van der Waals surface area contributed by atoms with Crippen molar-refractivity contribution in [3.05, 3.63) is 88.9 Å². The lowest BCUT2D eigenvalue weighted by Gasteiger charge is -2.34. The highest BCUT2D eigenvalue weighted by molar-refractivity contribution is 6.31. The fourth-order valence-corrected chi connectivity index (χ4v) is 5.18. The lowest BCUT2D eigenvalue weighted by Crippen LogP contribution is -2.49. The number of para-hydroxylation sites is 1. The summed E-state index contributed by atoms with van der Waals surface area (Å²) in [5.41, 5.74) is 3.41. The number of halogens is 1. The van der Waals surface area contributed by atoms with E-state index in [0.29, 0.717) is 29.3 Å². The molecule has 0 spiro atoms. The molecule has 9 nitrogen and oxygen atoms in total. The van der Waals surface area contributed by atoms with Crippen LogP contribution in [0, 0.1) is 0 Å². The van der Waals surface area contributed by atoms with Crippen molar-refractivity contribution < 1.29 is 14.3 Å². The fraction of sp³-hybridized carbons (Fsp3) is 0.355. The molecule has 3 aromatic carbocycles. The van der Waals surface area contributed by atoms with Gasteiger partial charge < -0.3 is 19.9 Å². The van der Waals surface area contributed by atoms with Gasteiger partial charge in [0.2, 0.25) is 11.8 Å². The summed E-state index contributed by atoms with van der Waals surface area (Å²) in [6, 6.07) is 21.8. The van der Waals surface area contributed by atoms with Crippen LogP contribution in [0.25, 0.3) is 11.0 Å². The highest BCUT2D eigenvalue weighted by Gasteiger charge is 2.34. The fourth-order valence-electron chi connectivity index (χ4n) is 4.99. The van der Waals surface area contributed by atoms with Gasteiger partial charge in [-0.3, -0.25) is 9.59 Å². The molecule has 4 aromatic rings. The Labute approximate surface area is 245 Å². The van der Waals surface area contributed by atoms with Gasteiger partial charge in [0.15, 0.2) is 0 Å². The summed E-state index contributed by atoms with van der Waals surface area (Å²) in [5, 5.41) is 12.0. The molecule has 1 fully saturated rings. The first-order chi connectivity index (χ1) is 19.7. The molecule has 41 heavy (non-hydrogen) atoms. The molecule has 0 saturated carbocycles. The van der Waals surface area contributed by atoms with Crippen LogP contribution in [0.5, 0.6) is 0 Å². The smallest absolute Gasteiger partial charge is 0.247 e. The first-order valence-corrected chi connectivity index (χ1v) is 14.1. The summed E-state index contributed by atoms with van der Waals surface area (Å²) < 4.78 is 7.06. The molecule has 10 heteroatoms. The molecule has 0 radical (unpaired) electrons. The van der Waals surface area contributed by atoms with Gasteiger partial charge >= 0.3 is 0 Å². The molecule has 2 amide bonds. The van der Waals surface area contributed by atoms with E-state index in [2.05, 4.69) is 20.5 Å². The van der Waals surface area contributed by atoms with E-state index in [9.17, 15) is 9.59 Å². The van der Waals surface area contributed by atoms with Gasteiger partial charge in [-0.2, -0.15) is 0 Å². The van der Waals surface area contributed by atoms with Gasteiger partial charge in [0.25, 0.3) is 0 Å². The first-order valence-electron chi connectivity index (χ1n) is 13.8. The number of hydrogen-bond donors (Lipinski definition) is 1. The number of fused-ring (bicyclic) bond motifs is 1. The van der Waals surface area contributed by atoms with Crippen molar-refractivity contribution in [3.63, 3.8) is 0 Å². The molecule has 1 N–H and O–H groups in total. The Bertz CT molecular complexity index is 1510. The minimum Gasteiger partial charge on any atom is -0.378 e. The van der Waals surface area contributed by atoms with Gasteiger partial charge in [-0.05, 0) is 62.2 Å². The maximum atomic E-state index is 14.2. The van der Waals surface area contributed by atoms with Crippen LogP contribution in [0.4, 0.5) is 5.69 Å². The second kappa shape index (κ2) is 12.3. The highest BCUT2D eigenvalue weighted by atomic mass is 35.5. The Hall–Kier alpha value is -3.95. The summed E-state index contributed by atoms with van der Waals surface area (Å²) in [7, 11) is 0. The zero-order valence-corrected chi connectivity index (χ0v) is 24.3. The van der Waals surface area contributed by atoms with Crippen LogP contribution in [-0.4, -0.2) is 63.6 Å². The maximum Gasteiger partial charge on any atom is 0.247 e. The Balaban J connectivity index is 1.54. The Morgan fingerprint density at radius 2 is 1.68 bits per heavy atom. The highest BCUT2D eigenvalue weighted by Crippen LogP contribution is 2.29. The quantitative estimate of drug-likeness (QED) is 0.330. The number of anilines is 1. The number of hydrogen-bond acceptors (Lipinski definition) is 6. The first kappa shape index (κ1) is 28.6. The molecule has 1 saturated heterocycles. The van der Waals surface area contributed by atoms with Crippen LogP contribution >= 0.6 is 11.6 Å². The molecule has 0 unspecified atom stereocenters. The number of nitrogens with zero attached hydrogens (tertiary/aromatic N) is 5. The molecule has 1 aliphatic heterocycles. The minimum atomic E-state index is -0.911. The molecule has 1 aromatic heterocycles. The van der Waals surface area contributed by atoms with Gasteiger partial charge in [0.05, 0.1) is 18.7 Å². The summed E-state index contributed by atoms with van der Waals surface area (Å²) in [4.78, 5) is 32.0. The van der Waals surface area contributed by atoms with Gasteiger partial charge in [0, 0.05) is 35.9 Å². The monoisotopic (exact) mass is 574 g/mol. The largest absolute Gasteiger partial charge is 0.378 e. The number of benzene rings is 3. The van der Waals surface area contributed by atoms with E-state index in [1.165, 1.54) is 0 Å². The molecule has 1 aliphatic rings. The molecule has 2 heterocycles. The number of nitrogens with one attached hydrogen (secondary N) is 1. The van der Waals surface area contributed by atoms with Crippen LogP contribution in [0.2, 0.25) is 5.02 Å². The minimum absolute atomic E-state index is 0.0872. The van der Waals surface area contributed by atoms with E-state index in [0.717, 1.165) is 29.9 Å². The van der Waals surface area contributed by atoms with E-state index in [1.807, 2.05) is 87.5 Å². The number of rotatable bonds is 8. The average Bonchev–Trinajstić information content (AvgIpc) is 3.36. The molecule has 0 aliphatic carbocycles. The SMILES string of the molecule is CC(C)(C)NC(=O)[C@@H](c1ccc(N2CCOCC2)cc1)N(Cc1ccccc1Cl)C(=O)Cn1nnc2ccccc21. The second-order valence-electron chi connectivity index (χ2n) is 11.2. The molecule has 1 atom stereocenters. The zero-order chi connectivity index (χ0) is 29.0. The van der Waals surface area contributed by atoms with Crippen molar-refractivity contribution in [1.82, 2.24) is 25.2 Å². The summed E-state index contributed by atoms with van der Waals surface area (Å²) in [5.74, 6) is -0.563. The van der Waals surface area contributed by atoms with E-state index >= 15 is 0 Å². The zero-order valence-electron chi connectivity index (χ0n) is 23.6. The van der Waals surface area contributed by atoms with Crippen molar-refractivity contribution >= 4 is 40.1 Å². The maximum absolute atomic E-state index is 14.2. The van der Waals surface area contributed by atoms with Crippen molar-refractivity contribution in [3.8, 4) is 0 Å². The number of aromatic nitrogens is 3. The molecule has 0 bridgehead atoms. The van der Waals surface area contributed by atoms with Crippen molar-refractivity contribution in [2.45, 2.75) is 45.4 Å². The molecular formula is C31H35ClN6O3. The Kier molecular flexibility index (Phi) is 8.56. The van der Waals surface area contributed by atoms with Gasteiger partial charge in [-0.15, -0.1) is 5.10 Å². The third-order valence-electron chi connectivity index (χ3n) is 6.97. The van der Waals surface area contributed by atoms with Crippen LogP contribution in [-0.2, 0) is 27.4 Å². The average molecular weight is 575 g/mol. The van der Waals surface area contributed by atoms with E-state index < -0.39 is 11.6 Å². The lowest BCUT2D eigenvalue weighted by atomic mass is 10.00. The van der Waals surface area contributed by atoms with Crippen LogP contribution in [0.15, 0.2) is 72.8 Å². The Morgan fingerprint density at radius 3 is 2.39 bits per heavy atom. The summed E-state index contributed by atoms with van der Waals surface area (Å²) in [6.45, 7) is 8.77. The van der Waals surface area contributed by atoms with E-state index in [1.54, 1.807) is 15.6 Å². The number of morpholine rings is 1. The van der Waals surface area contributed by atoms with Crippen molar-refractivity contribution in [1.29, 1.82) is 0 Å². The summed E-state index contributed by atoms with van der Waals surface area (Å²) in [6.07, 6.45) is 0. The Morgan fingerprint density at radius 1 is 1.00 bits per heavy atom. The molecule has 5 rings (SSSR count).